The predicted molar refractivity (Wildman–Crippen MR) is 202 cm³/mol. The van der Waals surface area contributed by atoms with Gasteiger partial charge in [-0.1, -0.05) is 133 Å². The van der Waals surface area contributed by atoms with Crippen molar-refractivity contribution in [1.82, 2.24) is 0 Å². The fourth-order valence-corrected chi connectivity index (χ4v) is 8.91. The third-order valence-corrected chi connectivity index (χ3v) is 10.9. The van der Waals surface area contributed by atoms with E-state index >= 15 is 0 Å². The molecule has 1 aromatic heterocycles. The van der Waals surface area contributed by atoms with Crippen molar-refractivity contribution in [2.45, 2.75) is 5.41 Å². The molecule has 0 atom stereocenters. The molecule has 1 spiro atoms. The summed E-state index contributed by atoms with van der Waals surface area (Å²) in [4.78, 5) is 2.43. The Labute approximate surface area is 284 Å². The van der Waals surface area contributed by atoms with Gasteiger partial charge in [0, 0.05) is 16.8 Å². The first-order valence-electron chi connectivity index (χ1n) is 16.9. The summed E-state index contributed by atoms with van der Waals surface area (Å²) in [6.45, 7) is 0. The molecule has 0 amide bonds. The number of hydrogen-bond acceptors (Lipinski definition) is 2. The molecular weight excluding hydrogens is 595 g/mol. The van der Waals surface area contributed by atoms with Crippen molar-refractivity contribution < 1.29 is 4.42 Å². The van der Waals surface area contributed by atoms with Crippen LogP contribution in [-0.4, -0.2) is 0 Å². The molecule has 0 fully saturated rings. The van der Waals surface area contributed by atoms with Crippen molar-refractivity contribution in [2.75, 3.05) is 4.90 Å². The highest BCUT2D eigenvalue weighted by atomic mass is 16.3. The van der Waals surface area contributed by atoms with Gasteiger partial charge in [0.05, 0.1) is 16.5 Å². The van der Waals surface area contributed by atoms with Gasteiger partial charge in [-0.2, -0.15) is 0 Å². The second-order valence-electron chi connectivity index (χ2n) is 13.2. The van der Waals surface area contributed by atoms with E-state index in [1.165, 1.54) is 55.3 Å². The lowest BCUT2D eigenvalue weighted by atomic mass is 9.70. The van der Waals surface area contributed by atoms with Crippen molar-refractivity contribution >= 4 is 49.8 Å². The van der Waals surface area contributed by atoms with Gasteiger partial charge in [-0.3, -0.25) is 0 Å². The summed E-state index contributed by atoms with van der Waals surface area (Å²) < 4.78 is 6.43. The summed E-state index contributed by atoms with van der Waals surface area (Å²) in [5, 5.41) is 4.66. The fraction of sp³-hybridized carbons (Fsp3) is 0.0213. The maximum atomic E-state index is 6.43. The van der Waals surface area contributed by atoms with Crippen LogP contribution in [0.1, 0.15) is 22.3 Å². The van der Waals surface area contributed by atoms with Gasteiger partial charge in [0.1, 0.15) is 11.2 Å². The molecule has 0 saturated carbocycles. The van der Waals surface area contributed by atoms with Crippen LogP contribution >= 0.6 is 0 Å². The average molecular weight is 624 g/mol. The quantitative estimate of drug-likeness (QED) is 0.195. The third-order valence-electron chi connectivity index (χ3n) is 10.9. The Kier molecular flexibility index (Phi) is 5.34. The smallest absolute Gasteiger partial charge is 0.137 e. The molecule has 0 aliphatic heterocycles. The van der Waals surface area contributed by atoms with Crippen molar-refractivity contribution in [3.05, 3.63) is 198 Å². The van der Waals surface area contributed by atoms with Gasteiger partial charge < -0.3 is 9.32 Å². The molecule has 9 aromatic rings. The van der Waals surface area contributed by atoms with Crippen LogP contribution in [0.4, 0.5) is 17.1 Å². The maximum Gasteiger partial charge on any atom is 0.137 e. The van der Waals surface area contributed by atoms with Gasteiger partial charge >= 0.3 is 0 Å². The Morgan fingerprint density at radius 1 is 0.388 bits per heavy atom. The van der Waals surface area contributed by atoms with E-state index in [1.54, 1.807) is 0 Å². The summed E-state index contributed by atoms with van der Waals surface area (Å²) in [5.74, 6) is 0. The Balaban J connectivity index is 1.24. The molecule has 0 radical (unpaired) electrons. The highest BCUT2D eigenvalue weighted by Gasteiger charge is 2.51. The van der Waals surface area contributed by atoms with E-state index in [-0.39, 0.29) is 0 Å². The van der Waals surface area contributed by atoms with E-state index < -0.39 is 5.41 Å². The Morgan fingerprint density at radius 2 is 0.939 bits per heavy atom. The molecule has 1 heterocycles. The number of fused-ring (bicyclic) bond motifs is 14. The maximum absolute atomic E-state index is 6.43. The molecule has 0 N–H and O–H groups in total. The summed E-state index contributed by atoms with van der Waals surface area (Å²) >= 11 is 0. The lowest BCUT2D eigenvalue weighted by Crippen LogP contribution is -2.26. The van der Waals surface area contributed by atoms with Crippen LogP contribution in [0.15, 0.2) is 180 Å². The van der Waals surface area contributed by atoms with E-state index in [0.717, 1.165) is 39.0 Å². The molecule has 0 bridgehead atoms. The second kappa shape index (κ2) is 9.82. The zero-order chi connectivity index (χ0) is 32.1. The number of furan rings is 1. The standard InChI is InChI=1S/C47H29NO/c1-2-13-31-28-32(25-24-30(31)12-1)48(43-21-11-23-45-46(43)38-17-6-10-22-44(38)49-45)33-26-27-37-36-16-5-9-20-41(36)47(42(37)29-33)39-18-7-3-14-34(39)35-15-4-8-19-40(35)47/h1-29H. The molecule has 49 heavy (non-hydrogen) atoms. The molecule has 8 aromatic carbocycles. The molecule has 2 aliphatic carbocycles. The number of hydrogen-bond donors (Lipinski definition) is 0. The summed E-state index contributed by atoms with van der Waals surface area (Å²) in [6, 6.07) is 64.3. The highest BCUT2D eigenvalue weighted by Crippen LogP contribution is 2.63. The molecular formula is C47H29NO. The van der Waals surface area contributed by atoms with Gasteiger partial charge in [0.15, 0.2) is 0 Å². The van der Waals surface area contributed by atoms with Crippen molar-refractivity contribution in [3.8, 4) is 22.3 Å². The fourth-order valence-electron chi connectivity index (χ4n) is 8.91. The Morgan fingerprint density at radius 3 is 1.67 bits per heavy atom. The number of rotatable bonds is 3. The Bertz CT molecular complexity index is 2740. The Hall–Kier alpha value is -6.38. The largest absolute Gasteiger partial charge is 0.456 e. The lowest BCUT2D eigenvalue weighted by Gasteiger charge is -2.32. The van der Waals surface area contributed by atoms with Crippen LogP contribution in [0, 0.1) is 0 Å². The van der Waals surface area contributed by atoms with Crippen molar-refractivity contribution in [3.63, 3.8) is 0 Å². The SMILES string of the molecule is c1ccc2c(c1)-c1ccccc1C21c2ccccc2-c2ccc(N(c3ccc4ccccc4c3)c3cccc4oc5ccccc5c34)cc21. The first-order valence-corrected chi connectivity index (χ1v) is 16.9. The number of anilines is 3. The van der Waals surface area contributed by atoms with Crippen LogP contribution in [0.3, 0.4) is 0 Å². The van der Waals surface area contributed by atoms with E-state index in [1.807, 2.05) is 6.07 Å². The predicted octanol–water partition coefficient (Wildman–Crippen LogP) is 12.6. The minimum atomic E-state index is -0.418. The first-order chi connectivity index (χ1) is 24.3. The molecule has 228 valence electrons. The minimum Gasteiger partial charge on any atom is -0.456 e. The summed E-state index contributed by atoms with van der Waals surface area (Å²) in [6.07, 6.45) is 0. The minimum absolute atomic E-state index is 0.418. The normalized spacial score (nSPS) is 13.5. The first kappa shape index (κ1) is 26.7. The topological polar surface area (TPSA) is 16.4 Å². The monoisotopic (exact) mass is 623 g/mol. The third kappa shape index (κ3) is 3.50. The molecule has 2 nitrogen and oxygen atoms in total. The molecule has 2 heteroatoms. The summed E-state index contributed by atoms with van der Waals surface area (Å²) in [7, 11) is 0. The molecule has 0 saturated heterocycles. The van der Waals surface area contributed by atoms with Gasteiger partial charge in [-0.05, 0) is 97.7 Å². The molecule has 2 aliphatic rings. The number of nitrogens with zero attached hydrogens (tertiary/aromatic N) is 1. The van der Waals surface area contributed by atoms with Crippen LogP contribution < -0.4 is 4.90 Å². The van der Waals surface area contributed by atoms with Crippen LogP contribution in [0.5, 0.6) is 0 Å². The van der Waals surface area contributed by atoms with Gasteiger partial charge in [0.25, 0.3) is 0 Å². The average Bonchev–Trinajstić information content (AvgIpc) is 3.79. The van der Waals surface area contributed by atoms with Crippen molar-refractivity contribution in [2.24, 2.45) is 0 Å². The highest BCUT2D eigenvalue weighted by molar-refractivity contribution is 6.13. The van der Waals surface area contributed by atoms with Gasteiger partial charge in [-0.25, -0.2) is 0 Å². The van der Waals surface area contributed by atoms with Gasteiger partial charge in [0.2, 0.25) is 0 Å². The zero-order valence-corrected chi connectivity index (χ0v) is 26.6. The number of benzene rings is 8. The van der Waals surface area contributed by atoms with E-state index in [0.29, 0.717) is 0 Å². The summed E-state index contributed by atoms with van der Waals surface area (Å²) in [5.41, 5.74) is 15.2. The zero-order valence-electron chi connectivity index (χ0n) is 26.6. The van der Waals surface area contributed by atoms with Gasteiger partial charge in [-0.15, -0.1) is 0 Å². The van der Waals surface area contributed by atoms with Crippen LogP contribution in [0.25, 0.3) is 55.0 Å². The molecule has 11 rings (SSSR count). The van der Waals surface area contributed by atoms with E-state index in [9.17, 15) is 0 Å². The van der Waals surface area contributed by atoms with Crippen molar-refractivity contribution in [1.29, 1.82) is 0 Å². The van der Waals surface area contributed by atoms with Crippen LogP contribution in [0.2, 0.25) is 0 Å². The lowest BCUT2D eigenvalue weighted by molar-refractivity contribution is 0.669. The molecule has 0 unspecified atom stereocenters. The van der Waals surface area contributed by atoms with E-state index in [4.69, 9.17) is 4.42 Å². The second-order valence-corrected chi connectivity index (χ2v) is 13.2. The van der Waals surface area contributed by atoms with E-state index in [2.05, 4.69) is 175 Å². The van der Waals surface area contributed by atoms with Crippen LogP contribution in [-0.2, 0) is 5.41 Å². The number of para-hydroxylation sites is 1.